The third-order valence-corrected chi connectivity index (χ3v) is 3.72. The van der Waals surface area contributed by atoms with Gasteiger partial charge in [-0.1, -0.05) is 0 Å². The summed E-state index contributed by atoms with van der Waals surface area (Å²) in [6.45, 7) is 5.16. The lowest BCUT2D eigenvalue weighted by atomic mass is 9.94. The Kier molecular flexibility index (Phi) is 6.29. The molecule has 1 aromatic rings. The van der Waals surface area contributed by atoms with E-state index in [-0.39, 0.29) is 36.7 Å². The molecule has 0 aromatic heterocycles. The van der Waals surface area contributed by atoms with Crippen molar-refractivity contribution in [1.82, 2.24) is 5.32 Å². The van der Waals surface area contributed by atoms with Gasteiger partial charge in [-0.2, -0.15) is 0 Å². The normalized spacial score (nSPS) is 14.4. The number of esters is 1. The quantitative estimate of drug-likeness (QED) is 0.411. The Morgan fingerprint density at radius 3 is 2.70 bits per heavy atom. The Bertz CT molecular complexity index is 782. The maximum Gasteiger partial charge on any atom is 0.320 e. The smallest absolute Gasteiger partial charge is 0.320 e. The van der Waals surface area contributed by atoms with Gasteiger partial charge in [-0.15, -0.1) is 0 Å². The number of Topliss-reactive ketones (excluding diaryl/α,β-unsaturated/α-hetero) is 1. The Balaban J connectivity index is 2.16. The van der Waals surface area contributed by atoms with E-state index in [1.807, 2.05) is 0 Å². The van der Waals surface area contributed by atoms with Crippen LogP contribution in [0.3, 0.4) is 0 Å². The molecule has 0 saturated heterocycles. The number of carbonyl (C=O) groups is 2. The zero-order valence-electron chi connectivity index (χ0n) is 15.5. The first-order valence-corrected chi connectivity index (χ1v) is 8.43. The van der Waals surface area contributed by atoms with Crippen LogP contribution < -0.4 is 15.8 Å². The van der Waals surface area contributed by atoms with Crippen LogP contribution in [0.15, 0.2) is 24.3 Å². The molecule has 1 unspecified atom stereocenters. The lowest BCUT2D eigenvalue weighted by molar-refractivity contribution is -0.384. The number of nitrogens with two attached hydrogens (primary N) is 1. The first-order valence-electron chi connectivity index (χ1n) is 8.43. The number of non-ortho nitro benzene ring substituents is 1. The standard InChI is InChI=1S/C18H23N3O6/c1-18(2,3)27-16(22)10-20-14(9-19)17(23)12-6-7-26-15-5-4-11(21(24)25)8-13(12)15/h4-6,8,14,20H,7,9-10,19H2,1-3H3. The number of nitrogens with zero attached hydrogens (tertiary/aromatic N) is 1. The van der Waals surface area contributed by atoms with Crippen molar-refractivity contribution in [2.45, 2.75) is 32.4 Å². The highest BCUT2D eigenvalue weighted by Crippen LogP contribution is 2.33. The summed E-state index contributed by atoms with van der Waals surface area (Å²) < 4.78 is 10.6. The van der Waals surface area contributed by atoms with Crippen molar-refractivity contribution in [2.24, 2.45) is 5.73 Å². The predicted octanol–water partition coefficient (Wildman–Crippen LogP) is 1.20. The van der Waals surface area contributed by atoms with Crippen molar-refractivity contribution in [1.29, 1.82) is 0 Å². The number of fused-ring (bicyclic) bond motifs is 1. The summed E-state index contributed by atoms with van der Waals surface area (Å²) >= 11 is 0. The van der Waals surface area contributed by atoms with E-state index in [1.165, 1.54) is 18.2 Å². The fourth-order valence-corrected chi connectivity index (χ4v) is 2.58. The number of hydrogen-bond acceptors (Lipinski definition) is 8. The lowest BCUT2D eigenvalue weighted by Crippen LogP contribution is -2.46. The minimum absolute atomic E-state index is 0.0515. The van der Waals surface area contributed by atoms with Gasteiger partial charge >= 0.3 is 5.97 Å². The van der Waals surface area contributed by atoms with Crippen LogP contribution in [0.2, 0.25) is 0 Å². The molecule has 1 aliphatic heterocycles. The number of rotatable bonds is 7. The SMILES string of the molecule is CC(C)(C)OC(=O)CNC(CN)C(=O)C1=CCOc2ccc([N+](=O)[O-])cc21. The van der Waals surface area contributed by atoms with Crippen molar-refractivity contribution in [3.63, 3.8) is 0 Å². The van der Waals surface area contributed by atoms with Gasteiger partial charge in [-0.25, -0.2) is 0 Å². The summed E-state index contributed by atoms with van der Waals surface area (Å²) in [6.07, 6.45) is 1.55. The third kappa shape index (κ3) is 5.35. The van der Waals surface area contributed by atoms with Crippen LogP contribution in [0.5, 0.6) is 5.75 Å². The molecule has 3 N–H and O–H groups in total. The number of hydrogen-bond donors (Lipinski definition) is 2. The zero-order chi connectivity index (χ0) is 20.2. The van der Waals surface area contributed by atoms with Crippen LogP contribution in [-0.2, 0) is 14.3 Å². The molecule has 1 atom stereocenters. The van der Waals surface area contributed by atoms with Crippen molar-refractivity contribution in [3.8, 4) is 5.75 Å². The zero-order valence-corrected chi connectivity index (χ0v) is 15.5. The van der Waals surface area contributed by atoms with Gasteiger partial charge in [-0.05, 0) is 32.9 Å². The molecule has 146 valence electrons. The van der Waals surface area contributed by atoms with Crippen molar-refractivity contribution in [3.05, 3.63) is 40.0 Å². The highest BCUT2D eigenvalue weighted by molar-refractivity contribution is 6.24. The maximum atomic E-state index is 12.9. The van der Waals surface area contributed by atoms with E-state index in [0.29, 0.717) is 11.3 Å². The number of nitro benzene ring substituents is 1. The number of ether oxygens (including phenoxy) is 2. The maximum absolute atomic E-state index is 12.9. The summed E-state index contributed by atoms with van der Waals surface area (Å²) in [4.78, 5) is 35.2. The van der Waals surface area contributed by atoms with E-state index in [2.05, 4.69) is 5.32 Å². The summed E-state index contributed by atoms with van der Waals surface area (Å²) in [7, 11) is 0. The molecule has 27 heavy (non-hydrogen) atoms. The number of carbonyl (C=O) groups excluding carboxylic acids is 2. The molecule has 0 amide bonds. The predicted molar refractivity (Wildman–Crippen MR) is 98.3 cm³/mol. The Labute approximate surface area is 156 Å². The fraction of sp³-hybridized carbons (Fsp3) is 0.444. The Hall–Kier alpha value is -2.78. The monoisotopic (exact) mass is 377 g/mol. The van der Waals surface area contributed by atoms with Gasteiger partial charge in [0.05, 0.1) is 17.5 Å². The van der Waals surface area contributed by atoms with Gasteiger partial charge in [0.1, 0.15) is 18.0 Å². The molecule has 0 spiro atoms. The third-order valence-electron chi connectivity index (χ3n) is 3.72. The second-order valence-electron chi connectivity index (χ2n) is 6.99. The van der Waals surface area contributed by atoms with Crippen LogP contribution in [0, 0.1) is 10.1 Å². The van der Waals surface area contributed by atoms with Crippen molar-refractivity contribution >= 4 is 23.0 Å². The molecule has 0 aliphatic carbocycles. The molecular weight excluding hydrogens is 354 g/mol. The summed E-state index contributed by atoms with van der Waals surface area (Å²) in [6, 6.07) is 3.22. The van der Waals surface area contributed by atoms with Gasteiger partial charge in [0.25, 0.3) is 5.69 Å². The van der Waals surface area contributed by atoms with E-state index in [4.69, 9.17) is 15.2 Å². The Morgan fingerprint density at radius 1 is 1.41 bits per heavy atom. The second-order valence-corrected chi connectivity index (χ2v) is 6.99. The van der Waals surface area contributed by atoms with Crippen molar-refractivity contribution in [2.75, 3.05) is 19.7 Å². The highest BCUT2D eigenvalue weighted by Gasteiger charge is 2.28. The average Bonchev–Trinajstić information content (AvgIpc) is 2.59. The van der Waals surface area contributed by atoms with Crippen LogP contribution in [0.4, 0.5) is 5.69 Å². The van der Waals surface area contributed by atoms with Gasteiger partial charge in [0.15, 0.2) is 5.78 Å². The van der Waals surface area contributed by atoms with Crippen molar-refractivity contribution < 1.29 is 24.0 Å². The van der Waals surface area contributed by atoms with Crippen LogP contribution in [0.25, 0.3) is 5.57 Å². The number of ketones is 1. The van der Waals surface area contributed by atoms with Crippen LogP contribution >= 0.6 is 0 Å². The first-order chi connectivity index (χ1) is 12.6. The molecule has 0 saturated carbocycles. The van der Waals surface area contributed by atoms with Gasteiger partial charge < -0.3 is 15.2 Å². The minimum Gasteiger partial charge on any atom is -0.489 e. The molecule has 9 heteroatoms. The van der Waals surface area contributed by atoms with E-state index in [0.717, 1.165) is 0 Å². The van der Waals surface area contributed by atoms with Gasteiger partial charge in [0.2, 0.25) is 0 Å². The second kappa shape index (κ2) is 8.28. The lowest BCUT2D eigenvalue weighted by Gasteiger charge is -2.23. The average molecular weight is 377 g/mol. The molecule has 0 bridgehead atoms. The van der Waals surface area contributed by atoms with Gasteiger partial charge in [-0.3, -0.25) is 25.0 Å². The highest BCUT2D eigenvalue weighted by atomic mass is 16.6. The molecular formula is C18H23N3O6. The summed E-state index contributed by atoms with van der Waals surface area (Å²) in [5.74, 6) is -0.494. The number of nitro groups is 1. The molecule has 0 radical (unpaired) electrons. The summed E-state index contributed by atoms with van der Waals surface area (Å²) in [5, 5.41) is 13.8. The number of nitrogens with one attached hydrogen (secondary N) is 1. The summed E-state index contributed by atoms with van der Waals surface area (Å²) in [5.41, 5.74) is 5.51. The number of benzene rings is 1. The largest absolute Gasteiger partial charge is 0.489 e. The van der Waals surface area contributed by atoms with Crippen LogP contribution in [0.1, 0.15) is 26.3 Å². The van der Waals surface area contributed by atoms with E-state index < -0.39 is 22.5 Å². The van der Waals surface area contributed by atoms with E-state index >= 15 is 0 Å². The minimum atomic E-state index is -0.839. The molecule has 1 heterocycles. The molecule has 1 aliphatic rings. The van der Waals surface area contributed by atoms with E-state index in [9.17, 15) is 19.7 Å². The Morgan fingerprint density at radius 2 is 2.11 bits per heavy atom. The molecule has 0 fully saturated rings. The first kappa shape index (κ1) is 20.5. The van der Waals surface area contributed by atoms with Gasteiger partial charge in [0, 0.05) is 29.8 Å². The molecule has 2 rings (SSSR count). The fourth-order valence-electron chi connectivity index (χ4n) is 2.58. The van der Waals surface area contributed by atoms with Crippen LogP contribution in [-0.4, -0.2) is 48.0 Å². The van der Waals surface area contributed by atoms with E-state index in [1.54, 1.807) is 26.8 Å². The topological polar surface area (TPSA) is 134 Å². The molecule has 1 aromatic carbocycles. The molecule has 9 nitrogen and oxygen atoms in total.